The summed E-state index contributed by atoms with van der Waals surface area (Å²) in [5.74, 6) is 0. The fourth-order valence-electron chi connectivity index (χ4n) is 3.14. The first-order chi connectivity index (χ1) is 29.4. The van der Waals surface area contributed by atoms with Gasteiger partial charge in [0.25, 0.3) is 0 Å². The molecule has 16 heteroatoms. The predicted molar refractivity (Wildman–Crippen MR) is 339 cm³/mol. The minimum absolute atomic E-state index is 0. The van der Waals surface area contributed by atoms with E-state index in [0.717, 1.165) is 22.0 Å². The van der Waals surface area contributed by atoms with Gasteiger partial charge in [0.15, 0.2) is 0 Å². The van der Waals surface area contributed by atoms with Crippen molar-refractivity contribution in [2.24, 2.45) is 0 Å². The first-order valence-corrected chi connectivity index (χ1v) is 25.4. The van der Waals surface area contributed by atoms with Crippen molar-refractivity contribution in [2.75, 3.05) is 0 Å². The van der Waals surface area contributed by atoms with Crippen LogP contribution in [-0.2, 0) is 0 Å². The standard InChI is InChI=1S/C7H8.2C5H6S.C4H5NO.6C4H5NS.10CH4/c1-7-5-3-2-4-6-7;1-5-2-3-6-4-5;1-5-3-2-4-6-5;1-4-2-5-6-3-4;1-4-2-6-3-5-4;1-4-2-5-3-6-4;1-4-2-5-6-3-4;1-4-5-2-3-6-4;1-4-2-3-6-5-4;1-4-2-3-5-6-4;;;;;;;;;;/h2-6H,1H3;2*2-4H,1H3;7*2-3H,1H3;10*1H4. The lowest BCUT2D eigenvalue weighted by Gasteiger charge is -1.82. The van der Waals surface area contributed by atoms with Gasteiger partial charge in [-0.3, -0.25) is 15.0 Å². The van der Waals surface area contributed by atoms with Gasteiger partial charge in [-0.05, 0) is 155 Å². The van der Waals surface area contributed by atoms with Crippen LogP contribution in [0.25, 0.3) is 0 Å². The Morgan fingerprint density at radius 1 is 0.423 bits per heavy atom. The van der Waals surface area contributed by atoms with Gasteiger partial charge < -0.3 is 4.52 Å². The molecular weight excluding hydrogens is 1030 g/mol. The third-order valence-corrected chi connectivity index (χ3v) is 11.9. The van der Waals surface area contributed by atoms with Crippen molar-refractivity contribution in [3.63, 3.8) is 0 Å². The molecule has 404 valence electrons. The van der Waals surface area contributed by atoms with Gasteiger partial charge in [0, 0.05) is 72.2 Å². The zero-order valence-electron chi connectivity index (χ0n) is 36.2. The molecule has 9 aromatic heterocycles. The van der Waals surface area contributed by atoms with Crippen LogP contribution in [-0.4, -0.2) is 33.2 Å². The Bertz CT molecular complexity index is 1770. The van der Waals surface area contributed by atoms with Crippen LogP contribution in [0.15, 0.2) is 151 Å². The van der Waals surface area contributed by atoms with Crippen molar-refractivity contribution < 1.29 is 4.52 Å². The molecule has 0 bridgehead atoms. The van der Waals surface area contributed by atoms with Crippen molar-refractivity contribution in [3.05, 3.63) is 200 Å². The molecule has 0 aliphatic heterocycles. The lowest BCUT2D eigenvalue weighted by atomic mass is 10.2. The highest BCUT2D eigenvalue weighted by Gasteiger charge is 1.81. The number of hydrogen-bond acceptors (Lipinski definition) is 16. The van der Waals surface area contributed by atoms with Crippen molar-refractivity contribution in [2.45, 2.75) is 144 Å². The average molecular weight is 1130 g/mol. The molecule has 0 saturated heterocycles. The molecule has 8 nitrogen and oxygen atoms in total. The van der Waals surface area contributed by atoms with Crippen LogP contribution in [0.1, 0.15) is 128 Å². The Kier molecular flexibility index (Phi) is 77.8. The van der Waals surface area contributed by atoms with E-state index in [1.807, 2.05) is 124 Å². The number of rotatable bonds is 0. The average Bonchev–Trinajstić information content (AvgIpc) is 4.08. The summed E-state index contributed by atoms with van der Waals surface area (Å²) in [5.41, 5.74) is 10.9. The highest BCUT2D eigenvalue weighted by atomic mass is 32.1. The van der Waals surface area contributed by atoms with Crippen molar-refractivity contribution in [1.29, 1.82) is 0 Å². The van der Waals surface area contributed by atoms with Crippen LogP contribution in [0.2, 0.25) is 0 Å². The SMILES string of the molecule is C.C.C.C.C.C.C.C.C.C.Cc1ccccc1.Cc1cccs1.Cc1ccns1.Cc1ccsc1.Cc1ccsn1.Cc1cncs1.Cc1cnoc1.Cc1cnsc1.Cc1cscn1.Cc1nccs1. The molecule has 0 saturated carbocycles. The van der Waals surface area contributed by atoms with E-state index >= 15 is 0 Å². The minimum Gasteiger partial charge on any atom is -0.365 e. The normalized spacial score (nSPS) is 7.58. The maximum absolute atomic E-state index is 4.46. The molecular formula is C55H95N7OS8. The molecule has 0 aliphatic carbocycles. The van der Waals surface area contributed by atoms with Crippen LogP contribution < -0.4 is 0 Å². The Morgan fingerprint density at radius 3 is 1.27 bits per heavy atom. The molecule has 0 fully saturated rings. The van der Waals surface area contributed by atoms with E-state index in [-0.39, 0.29) is 74.3 Å². The summed E-state index contributed by atoms with van der Waals surface area (Å²) in [7, 11) is 0. The summed E-state index contributed by atoms with van der Waals surface area (Å²) >= 11 is 13.0. The molecule has 10 rings (SSSR count). The van der Waals surface area contributed by atoms with Crippen LogP contribution in [0.5, 0.6) is 0 Å². The van der Waals surface area contributed by atoms with E-state index < -0.39 is 0 Å². The van der Waals surface area contributed by atoms with Crippen molar-refractivity contribution >= 4 is 91.3 Å². The number of benzene rings is 1. The molecule has 10 aromatic rings. The highest BCUT2D eigenvalue weighted by Crippen LogP contribution is 2.04. The third-order valence-electron chi connectivity index (χ3n) is 6.18. The van der Waals surface area contributed by atoms with Gasteiger partial charge in [-0.15, -0.1) is 45.3 Å². The lowest BCUT2D eigenvalue weighted by Crippen LogP contribution is -1.62. The largest absolute Gasteiger partial charge is 0.365 e. The number of nitrogens with zero attached hydrogens (tertiary/aromatic N) is 7. The molecule has 0 amide bonds. The summed E-state index contributed by atoms with van der Waals surface area (Å²) < 4.78 is 16.1. The number of hydrogen-bond donors (Lipinski definition) is 0. The van der Waals surface area contributed by atoms with Gasteiger partial charge in [0.05, 0.1) is 27.9 Å². The van der Waals surface area contributed by atoms with Gasteiger partial charge in [0.2, 0.25) is 0 Å². The third kappa shape index (κ3) is 59.8. The zero-order valence-corrected chi connectivity index (χ0v) is 42.8. The van der Waals surface area contributed by atoms with E-state index in [9.17, 15) is 0 Å². The summed E-state index contributed by atoms with van der Waals surface area (Å²) in [6, 6.07) is 20.5. The highest BCUT2D eigenvalue weighted by molar-refractivity contribution is 7.10. The summed E-state index contributed by atoms with van der Waals surface area (Å²) in [6.07, 6.45) is 10.6. The zero-order chi connectivity index (χ0) is 44.8. The Hall–Kier alpha value is -4.39. The fraction of sp³-hybridized carbons (Fsp3) is 0.364. The maximum atomic E-state index is 4.46. The van der Waals surface area contributed by atoms with Crippen LogP contribution >= 0.6 is 91.3 Å². The molecule has 0 aliphatic rings. The maximum Gasteiger partial charge on any atom is 0.126 e. The van der Waals surface area contributed by atoms with E-state index in [4.69, 9.17) is 0 Å². The van der Waals surface area contributed by atoms with E-state index in [1.54, 1.807) is 81.5 Å². The monoisotopic (exact) mass is 1130 g/mol. The molecule has 0 atom stereocenters. The van der Waals surface area contributed by atoms with Crippen LogP contribution in [0, 0.1) is 69.2 Å². The number of thiazole rings is 3. The fourth-order valence-corrected chi connectivity index (χ4v) is 7.20. The molecule has 1 aromatic carbocycles. The molecule has 0 unspecified atom stereocenters. The molecule has 0 spiro atoms. The molecule has 71 heavy (non-hydrogen) atoms. The van der Waals surface area contributed by atoms with Crippen molar-refractivity contribution in [3.8, 4) is 0 Å². The van der Waals surface area contributed by atoms with Gasteiger partial charge in [-0.2, -0.15) is 15.7 Å². The number of aryl methyl sites for hydroxylation is 10. The summed E-state index contributed by atoms with van der Waals surface area (Å²) in [5, 5.41) is 18.8. The summed E-state index contributed by atoms with van der Waals surface area (Å²) in [6.45, 7) is 20.3. The molecule has 0 radical (unpaired) electrons. The minimum atomic E-state index is 0. The van der Waals surface area contributed by atoms with E-state index in [1.165, 1.54) is 65.9 Å². The number of aromatic nitrogens is 7. The topological polar surface area (TPSA) is 103 Å². The first kappa shape index (κ1) is 89.5. The smallest absolute Gasteiger partial charge is 0.126 e. The van der Waals surface area contributed by atoms with Gasteiger partial charge in [-0.25, -0.2) is 8.75 Å². The van der Waals surface area contributed by atoms with E-state index in [2.05, 4.69) is 105 Å². The van der Waals surface area contributed by atoms with Gasteiger partial charge >= 0.3 is 0 Å². The Morgan fingerprint density at radius 2 is 1.11 bits per heavy atom. The van der Waals surface area contributed by atoms with Gasteiger partial charge in [0.1, 0.15) is 6.26 Å². The summed E-state index contributed by atoms with van der Waals surface area (Å²) in [4.78, 5) is 15.6. The quantitative estimate of drug-likeness (QED) is 0.148. The number of thiophene rings is 2. The lowest BCUT2D eigenvalue weighted by molar-refractivity contribution is 0.419. The first-order valence-electron chi connectivity index (χ1n) is 18.5. The molecule has 0 N–H and O–H groups in total. The second kappa shape index (κ2) is 61.7. The molecule has 9 heterocycles. The second-order valence-electron chi connectivity index (χ2n) is 12.1. The Balaban J connectivity index is -0.0000000717. The van der Waals surface area contributed by atoms with Gasteiger partial charge in [-0.1, -0.05) is 121 Å². The predicted octanol–water partition coefficient (Wildman–Crippen LogP) is 22.2. The van der Waals surface area contributed by atoms with Crippen molar-refractivity contribution in [1.82, 2.24) is 33.2 Å². The second-order valence-corrected chi connectivity index (χ2v) is 19.3. The van der Waals surface area contributed by atoms with Crippen LogP contribution in [0.3, 0.4) is 0 Å². The van der Waals surface area contributed by atoms with E-state index in [0.29, 0.717) is 0 Å². The van der Waals surface area contributed by atoms with Crippen LogP contribution in [0.4, 0.5) is 0 Å². The Labute approximate surface area is 468 Å².